The maximum absolute atomic E-state index is 6.01. The summed E-state index contributed by atoms with van der Waals surface area (Å²) in [6, 6.07) is 30.4. The Morgan fingerprint density at radius 1 is 0.816 bits per heavy atom. The zero-order chi connectivity index (χ0) is 26.9. The molecule has 0 N–H and O–H groups in total. The number of hydrogen-bond acceptors (Lipinski definition) is 3. The van der Waals surface area contributed by atoms with E-state index in [0.717, 1.165) is 56.0 Å². The Labute approximate surface area is 229 Å². The molecule has 38 heavy (non-hydrogen) atoms. The number of rotatable bonds is 12. The first-order chi connectivity index (χ1) is 18.5. The van der Waals surface area contributed by atoms with Crippen molar-refractivity contribution in [3.05, 3.63) is 118 Å². The molecule has 0 aliphatic heterocycles. The van der Waals surface area contributed by atoms with E-state index in [1.165, 1.54) is 33.4 Å². The molecule has 0 bridgehead atoms. The summed E-state index contributed by atoms with van der Waals surface area (Å²) in [4.78, 5) is 7.71. The standard InChI is InChI=1S/C35H42N2O/c1-6-29-19-14-20-30(7-2)35(29)33-23-34(38-5)32(27(4)36-33)25-37(24-28-15-10-8-11-16-28)22-21-26(3)31-17-12-9-13-18-31/h8-20,23,26H,6-7,21-22,24-25H2,1-5H3. The molecule has 0 spiro atoms. The summed E-state index contributed by atoms with van der Waals surface area (Å²) < 4.78 is 6.01. The topological polar surface area (TPSA) is 25.4 Å². The molecule has 0 saturated carbocycles. The Hall–Kier alpha value is -3.43. The van der Waals surface area contributed by atoms with Gasteiger partial charge in [0.15, 0.2) is 0 Å². The molecule has 0 aliphatic rings. The van der Waals surface area contributed by atoms with Gasteiger partial charge in [0.25, 0.3) is 0 Å². The molecule has 3 heteroatoms. The molecule has 1 atom stereocenters. The fourth-order valence-electron chi connectivity index (χ4n) is 5.35. The van der Waals surface area contributed by atoms with Gasteiger partial charge in [0.05, 0.1) is 12.8 Å². The van der Waals surface area contributed by atoms with Gasteiger partial charge in [-0.25, -0.2) is 0 Å². The molecule has 0 radical (unpaired) electrons. The van der Waals surface area contributed by atoms with E-state index in [1.807, 2.05) is 0 Å². The van der Waals surface area contributed by atoms with Crippen LogP contribution in [0.2, 0.25) is 0 Å². The maximum Gasteiger partial charge on any atom is 0.127 e. The predicted octanol–water partition coefficient (Wildman–Crippen LogP) is 8.39. The minimum absolute atomic E-state index is 0.496. The Kier molecular flexibility index (Phi) is 9.73. The Morgan fingerprint density at radius 3 is 2.05 bits per heavy atom. The third-order valence-electron chi connectivity index (χ3n) is 7.64. The van der Waals surface area contributed by atoms with Crippen LogP contribution in [0.4, 0.5) is 0 Å². The van der Waals surface area contributed by atoms with Crippen LogP contribution in [0.15, 0.2) is 84.9 Å². The largest absolute Gasteiger partial charge is 0.496 e. The second-order valence-corrected chi connectivity index (χ2v) is 10.2. The van der Waals surface area contributed by atoms with Crippen LogP contribution in [-0.4, -0.2) is 23.5 Å². The van der Waals surface area contributed by atoms with E-state index in [4.69, 9.17) is 9.72 Å². The van der Waals surface area contributed by atoms with Crippen LogP contribution in [0.5, 0.6) is 5.75 Å². The third kappa shape index (κ3) is 6.71. The lowest BCUT2D eigenvalue weighted by Gasteiger charge is -2.26. The molecule has 1 unspecified atom stereocenters. The summed E-state index contributed by atoms with van der Waals surface area (Å²) in [6.45, 7) is 11.6. The third-order valence-corrected chi connectivity index (χ3v) is 7.64. The van der Waals surface area contributed by atoms with Gasteiger partial charge in [-0.2, -0.15) is 0 Å². The highest BCUT2D eigenvalue weighted by Gasteiger charge is 2.19. The van der Waals surface area contributed by atoms with E-state index in [2.05, 4.69) is 118 Å². The molecule has 0 saturated heterocycles. The van der Waals surface area contributed by atoms with Gasteiger partial charge in [-0.1, -0.05) is 99.6 Å². The van der Waals surface area contributed by atoms with Gasteiger partial charge in [0.2, 0.25) is 0 Å². The monoisotopic (exact) mass is 506 g/mol. The minimum Gasteiger partial charge on any atom is -0.496 e. The summed E-state index contributed by atoms with van der Waals surface area (Å²) in [7, 11) is 1.79. The van der Waals surface area contributed by atoms with E-state index in [-0.39, 0.29) is 0 Å². The molecule has 4 rings (SSSR count). The van der Waals surface area contributed by atoms with Crippen LogP contribution in [0.3, 0.4) is 0 Å². The van der Waals surface area contributed by atoms with Crippen molar-refractivity contribution < 1.29 is 4.74 Å². The molecule has 3 aromatic carbocycles. The van der Waals surface area contributed by atoms with Crippen molar-refractivity contribution >= 4 is 0 Å². The van der Waals surface area contributed by atoms with E-state index in [1.54, 1.807) is 7.11 Å². The van der Waals surface area contributed by atoms with Gasteiger partial charge in [0, 0.05) is 36.0 Å². The van der Waals surface area contributed by atoms with E-state index in [9.17, 15) is 0 Å². The van der Waals surface area contributed by atoms with Gasteiger partial charge in [-0.15, -0.1) is 0 Å². The quantitative estimate of drug-likeness (QED) is 0.193. The average molecular weight is 507 g/mol. The average Bonchev–Trinajstić information content (AvgIpc) is 2.96. The molecule has 4 aromatic rings. The van der Waals surface area contributed by atoms with Crippen LogP contribution >= 0.6 is 0 Å². The second kappa shape index (κ2) is 13.4. The SMILES string of the molecule is CCc1cccc(CC)c1-c1cc(OC)c(CN(CCC(C)c2ccccc2)Cc2ccccc2)c(C)n1. The van der Waals surface area contributed by atoms with Crippen molar-refractivity contribution in [2.45, 2.75) is 66.0 Å². The number of nitrogens with zero attached hydrogens (tertiary/aromatic N) is 2. The number of pyridine rings is 1. The summed E-state index contributed by atoms with van der Waals surface area (Å²) in [5.74, 6) is 1.42. The lowest BCUT2D eigenvalue weighted by Crippen LogP contribution is -2.26. The first kappa shape index (κ1) is 27.6. The molecule has 1 heterocycles. The van der Waals surface area contributed by atoms with Crippen LogP contribution in [0.1, 0.15) is 66.6 Å². The smallest absolute Gasteiger partial charge is 0.127 e. The molecule has 1 aromatic heterocycles. The molecule has 198 valence electrons. The van der Waals surface area contributed by atoms with Crippen LogP contribution < -0.4 is 4.74 Å². The summed E-state index contributed by atoms with van der Waals surface area (Å²) in [5.41, 5.74) is 9.90. The molecule has 0 amide bonds. The van der Waals surface area contributed by atoms with Crippen LogP contribution in [-0.2, 0) is 25.9 Å². The number of ether oxygens (including phenoxy) is 1. The molecular formula is C35H42N2O. The Balaban J connectivity index is 1.64. The summed E-state index contributed by atoms with van der Waals surface area (Å²) in [5, 5.41) is 0. The van der Waals surface area contributed by atoms with Crippen molar-refractivity contribution in [2.24, 2.45) is 0 Å². The lowest BCUT2D eigenvalue weighted by atomic mass is 9.94. The fourth-order valence-corrected chi connectivity index (χ4v) is 5.35. The molecule has 0 fully saturated rings. The number of aryl methyl sites for hydroxylation is 3. The first-order valence-electron chi connectivity index (χ1n) is 14.0. The van der Waals surface area contributed by atoms with Crippen molar-refractivity contribution in [2.75, 3.05) is 13.7 Å². The number of hydrogen-bond donors (Lipinski definition) is 0. The van der Waals surface area contributed by atoms with E-state index in [0.29, 0.717) is 5.92 Å². The van der Waals surface area contributed by atoms with Gasteiger partial charge in [0.1, 0.15) is 5.75 Å². The highest BCUT2D eigenvalue weighted by atomic mass is 16.5. The Bertz CT molecular complexity index is 1280. The summed E-state index contributed by atoms with van der Waals surface area (Å²) in [6.07, 6.45) is 3.06. The van der Waals surface area contributed by atoms with Crippen molar-refractivity contribution in [1.29, 1.82) is 0 Å². The number of methoxy groups -OCH3 is 1. The second-order valence-electron chi connectivity index (χ2n) is 10.2. The van der Waals surface area contributed by atoms with Gasteiger partial charge < -0.3 is 4.74 Å². The lowest BCUT2D eigenvalue weighted by molar-refractivity contribution is 0.243. The maximum atomic E-state index is 6.01. The highest BCUT2D eigenvalue weighted by molar-refractivity contribution is 5.70. The predicted molar refractivity (Wildman–Crippen MR) is 160 cm³/mol. The molecular weight excluding hydrogens is 464 g/mol. The minimum atomic E-state index is 0.496. The first-order valence-corrected chi connectivity index (χ1v) is 14.0. The van der Waals surface area contributed by atoms with Crippen molar-refractivity contribution in [3.63, 3.8) is 0 Å². The zero-order valence-corrected chi connectivity index (χ0v) is 23.7. The molecule has 3 nitrogen and oxygen atoms in total. The number of benzene rings is 3. The summed E-state index contributed by atoms with van der Waals surface area (Å²) >= 11 is 0. The normalized spacial score (nSPS) is 12.1. The van der Waals surface area contributed by atoms with Crippen molar-refractivity contribution in [3.8, 4) is 17.0 Å². The van der Waals surface area contributed by atoms with Gasteiger partial charge in [-0.05, 0) is 60.9 Å². The fraction of sp³-hybridized carbons (Fsp3) is 0.343. The molecule has 0 aliphatic carbocycles. The highest BCUT2D eigenvalue weighted by Crippen LogP contribution is 2.33. The zero-order valence-electron chi connectivity index (χ0n) is 23.7. The van der Waals surface area contributed by atoms with E-state index < -0.39 is 0 Å². The van der Waals surface area contributed by atoms with Gasteiger partial charge in [-0.3, -0.25) is 9.88 Å². The van der Waals surface area contributed by atoms with E-state index >= 15 is 0 Å². The number of aromatic nitrogens is 1. The van der Waals surface area contributed by atoms with Gasteiger partial charge >= 0.3 is 0 Å². The van der Waals surface area contributed by atoms with Crippen LogP contribution in [0.25, 0.3) is 11.3 Å². The van der Waals surface area contributed by atoms with Crippen LogP contribution in [0, 0.1) is 6.92 Å². The van der Waals surface area contributed by atoms with Crippen molar-refractivity contribution in [1.82, 2.24) is 9.88 Å². The Morgan fingerprint density at radius 2 is 1.45 bits per heavy atom.